The first-order valence-corrected chi connectivity index (χ1v) is 10.1. The molecule has 0 amide bonds. The fourth-order valence-corrected chi connectivity index (χ4v) is 3.48. The van der Waals surface area contributed by atoms with Crippen LogP contribution in [0.4, 0.5) is 0 Å². The van der Waals surface area contributed by atoms with Crippen LogP contribution in [0.1, 0.15) is 17.8 Å². The van der Waals surface area contributed by atoms with E-state index in [0.717, 1.165) is 35.6 Å². The molecule has 0 atom stereocenters. The molecule has 4 rings (SSSR count). The summed E-state index contributed by atoms with van der Waals surface area (Å²) in [7, 11) is 1.64. The smallest absolute Gasteiger partial charge is 0.161 e. The summed E-state index contributed by atoms with van der Waals surface area (Å²) < 4.78 is 19.5. The molecule has 1 aromatic heterocycles. The number of nitrogens with zero attached hydrogens (tertiary/aromatic N) is 2. The summed E-state index contributed by atoms with van der Waals surface area (Å²) >= 11 is 0. The highest BCUT2D eigenvalue weighted by molar-refractivity contribution is 5.75. The molecule has 0 aliphatic heterocycles. The number of hydrogen-bond donors (Lipinski definition) is 0. The number of benzene rings is 3. The second kappa shape index (κ2) is 9.35. The SMILES string of the molecule is COc1ccccc1OCc1nc2ccccc2n1CCCOc1cccc(C)c1. The maximum Gasteiger partial charge on any atom is 0.161 e. The van der Waals surface area contributed by atoms with Gasteiger partial charge in [-0.25, -0.2) is 4.98 Å². The minimum Gasteiger partial charge on any atom is -0.494 e. The molecule has 0 radical (unpaired) electrons. The van der Waals surface area contributed by atoms with E-state index in [1.807, 2.05) is 54.6 Å². The van der Waals surface area contributed by atoms with Gasteiger partial charge in [0.15, 0.2) is 11.5 Å². The van der Waals surface area contributed by atoms with Crippen LogP contribution < -0.4 is 14.2 Å². The second-order valence-electron chi connectivity index (χ2n) is 7.13. The molecular formula is C25H26N2O3. The van der Waals surface area contributed by atoms with Gasteiger partial charge in [0.1, 0.15) is 18.2 Å². The van der Waals surface area contributed by atoms with Crippen LogP contribution in [0, 0.1) is 6.92 Å². The first-order chi connectivity index (χ1) is 14.7. The number of aryl methyl sites for hydroxylation is 2. The standard InChI is InChI=1S/C25H26N2O3/c1-19-9-7-10-20(17-19)29-16-8-15-27-22-12-4-3-11-21(22)26-25(27)18-30-24-14-6-5-13-23(24)28-2/h3-7,9-14,17H,8,15-16,18H2,1-2H3. The summed E-state index contributed by atoms with van der Waals surface area (Å²) in [6.07, 6.45) is 0.871. The van der Waals surface area contributed by atoms with Crippen molar-refractivity contribution in [3.63, 3.8) is 0 Å². The summed E-state index contributed by atoms with van der Waals surface area (Å²) in [4.78, 5) is 4.79. The number of imidazole rings is 1. The van der Waals surface area contributed by atoms with Crippen molar-refractivity contribution in [3.8, 4) is 17.2 Å². The topological polar surface area (TPSA) is 45.5 Å². The zero-order valence-corrected chi connectivity index (χ0v) is 17.4. The predicted octanol–water partition coefficient (Wildman–Crippen LogP) is 5.40. The molecule has 0 unspecified atom stereocenters. The summed E-state index contributed by atoms with van der Waals surface area (Å²) in [6, 6.07) is 23.9. The predicted molar refractivity (Wildman–Crippen MR) is 118 cm³/mol. The van der Waals surface area contributed by atoms with Gasteiger partial charge < -0.3 is 18.8 Å². The Morgan fingerprint density at radius 3 is 2.50 bits per heavy atom. The minimum atomic E-state index is 0.369. The number of methoxy groups -OCH3 is 1. The fraction of sp³-hybridized carbons (Fsp3) is 0.240. The quantitative estimate of drug-likeness (QED) is 0.352. The highest BCUT2D eigenvalue weighted by Gasteiger charge is 2.12. The van der Waals surface area contributed by atoms with Crippen molar-refractivity contribution in [2.24, 2.45) is 0 Å². The first-order valence-electron chi connectivity index (χ1n) is 10.1. The summed E-state index contributed by atoms with van der Waals surface area (Å²) in [6.45, 7) is 3.88. The van der Waals surface area contributed by atoms with Crippen LogP contribution in [0.15, 0.2) is 72.8 Å². The van der Waals surface area contributed by atoms with Crippen molar-refractivity contribution in [1.82, 2.24) is 9.55 Å². The third kappa shape index (κ3) is 4.57. The van der Waals surface area contributed by atoms with Gasteiger partial charge in [-0.2, -0.15) is 0 Å². The van der Waals surface area contributed by atoms with Gasteiger partial charge in [-0.15, -0.1) is 0 Å². The van der Waals surface area contributed by atoms with Crippen LogP contribution in [0.5, 0.6) is 17.2 Å². The Hall–Kier alpha value is -3.47. The number of rotatable bonds is 9. The monoisotopic (exact) mass is 402 g/mol. The van der Waals surface area contributed by atoms with E-state index in [-0.39, 0.29) is 0 Å². The molecule has 0 bridgehead atoms. The molecule has 30 heavy (non-hydrogen) atoms. The number of hydrogen-bond acceptors (Lipinski definition) is 4. The molecule has 0 saturated heterocycles. The first kappa shape index (κ1) is 19.8. The molecular weight excluding hydrogens is 376 g/mol. The molecule has 0 N–H and O–H groups in total. The highest BCUT2D eigenvalue weighted by atomic mass is 16.5. The Morgan fingerprint density at radius 2 is 1.67 bits per heavy atom. The van der Waals surface area contributed by atoms with Crippen molar-refractivity contribution in [2.75, 3.05) is 13.7 Å². The molecule has 1 heterocycles. The Labute approximate surface area is 176 Å². The number of fused-ring (bicyclic) bond motifs is 1. The van der Waals surface area contributed by atoms with Crippen molar-refractivity contribution in [1.29, 1.82) is 0 Å². The van der Waals surface area contributed by atoms with E-state index in [0.29, 0.717) is 24.7 Å². The molecule has 0 spiro atoms. The van der Waals surface area contributed by atoms with Crippen LogP contribution in [0.3, 0.4) is 0 Å². The number of para-hydroxylation sites is 4. The van der Waals surface area contributed by atoms with Crippen LogP contribution in [0.2, 0.25) is 0 Å². The van der Waals surface area contributed by atoms with Crippen LogP contribution in [0.25, 0.3) is 11.0 Å². The Balaban J connectivity index is 1.46. The zero-order valence-electron chi connectivity index (χ0n) is 17.4. The lowest BCUT2D eigenvalue weighted by atomic mass is 10.2. The molecule has 154 valence electrons. The summed E-state index contributed by atoms with van der Waals surface area (Å²) in [5, 5.41) is 0. The normalized spacial score (nSPS) is 10.9. The third-order valence-corrected chi connectivity index (χ3v) is 4.94. The van der Waals surface area contributed by atoms with Crippen molar-refractivity contribution < 1.29 is 14.2 Å². The van der Waals surface area contributed by atoms with Crippen molar-refractivity contribution in [3.05, 3.63) is 84.2 Å². The molecule has 0 fully saturated rings. The van der Waals surface area contributed by atoms with E-state index in [4.69, 9.17) is 19.2 Å². The van der Waals surface area contributed by atoms with Gasteiger partial charge in [0.25, 0.3) is 0 Å². The molecule has 0 aliphatic rings. The molecule has 5 nitrogen and oxygen atoms in total. The number of aromatic nitrogens is 2. The van der Waals surface area contributed by atoms with Crippen LogP contribution >= 0.6 is 0 Å². The summed E-state index contributed by atoms with van der Waals surface area (Å²) in [5.41, 5.74) is 3.27. The lowest BCUT2D eigenvalue weighted by Crippen LogP contribution is -2.10. The third-order valence-electron chi connectivity index (χ3n) is 4.94. The average Bonchev–Trinajstić information content (AvgIpc) is 3.13. The highest BCUT2D eigenvalue weighted by Crippen LogP contribution is 2.27. The minimum absolute atomic E-state index is 0.369. The van der Waals surface area contributed by atoms with E-state index >= 15 is 0 Å². The molecule has 4 aromatic rings. The van der Waals surface area contributed by atoms with Gasteiger partial charge in [0.2, 0.25) is 0 Å². The fourth-order valence-electron chi connectivity index (χ4n) is 3.48. The second-order valence-corrected chi connectivity index (χ2v) is 7.13. The van der Waals surface area contributed by atoms with Gasteiger partial charge in [-0.1, -0.05) is 36.4 Å². The largest absolute Gasteiger partial charge is 0.494 e. The van der Waals surface area contributed by atoms with E-state index in [1.165, 1.54) is 5.56 Å². The van der Waals surface area contributed by atoms with Gasteiger partial charge in [0.05, 0.1) is 24.8 Å². The van der Waals surface area contributed by atoms with Gasteiger partial charge in [0, 0.05) is 6.54 Å². The molecule has 3 aromatic carbocycles. The maximum atomic E-state index is 6.03. The molecule has 0 aliphatic carbocycles. The van der Waals surface area contributed by atoms with Gasteiger partial charge >= 0.3 is 0 Å². The maximum absolute atomic E-state index is 6.03. The van der Waals surface area contributed by atoms with E-state index < -0.39 is 0 Å². The van der Waals surface area contributed by atoms with E-state index in [9.17, 15) is 0 Å². The lowest BCUT2D eigenvalue weighted by molar-refractivity contribution is 0.267. The average molecular weight is 402 g/mol. The Kier molecular flexibility index (Phi) is 6.18. The van der Waals surface area contributed by atoms with Crippen LogP contribution in [-0.4, -0.2) is 23.3 Å². The molecule has 0 saturated carbocycles. The Morgan fingerprint density at radius 1 is 0.867 bits per heavy atom. The van der Waals surface area contributed by atoms with E-state index in [1.54, 1.807) is 7.11 Å². The lowest BCUT2D eigenvalue weighted by Gasteiger charge is -2.13. The van der Waals surface area contributed by atoms with E-state index in [2.05, 4.69) is 29.7 Å². The molecule has 5 heteroatoms. The summed E-state index contributed by atoms with van der Waals surface area (Å²) in [5.74, 6) is 3.22. The van der Waals surface area contributed by atoms with Crippen LogP contribution in [-0.2, 0) is 13.2 Å². The zero-order chi connectivity index (χ0) is 20.8. The number of ether oxygens (including phenoxy) is 3. The van der Waals surface area contributed by atoms with Crippen molar-refractivity contribution in [2.45, 2.75) is 26.5 Å². The Bertz CT molecular complexity index is 1120. The van der Waals surface area contributed by atoms with Gasteiger partial charge in [-0.05, 0) is 55.3 Å². The van der Waals surface area contributed by atoms with Gasteiger partial charge in [-0.3, -0.25) is 0 Å². The van der Waals surface area contributed by atoms with Crippen molar-refractivity contribution >= 4 is 11.0 Å².